The van der Waals surface area contributed by atoms with Gasteiger partial charge in [-0.2, -0.15) is 5.10 Å². The minimum atomic E-state index is 0.446. The van der Waals surface area contributed by atoms with E-state index in [9.17, 15) is 0 Å². The number of hydrogen-bond donors (Lipinski definition) is 1. The van der Waals surface area contributed by atoms with E-state index in [2.05, 4.69) is 53.9 Å². The summed E-state index contributed by atoms with van der Waals surface area (Å²) in [5.74, 6) is 0. The molecule has 108 valence electrons. The molecule has 1 fully saturated rings. The predicted octanol–water partition coefficient (Wildman–Crippen LogP) is 2.43. The van der Waals surface area contributed by atoms with Gasteiger partial charge in [0, 0.05) is 49.5 Å². The van der Waals surface area contributed by atoms with E-state index in [4.69, 9.17) is 0 Å². The Hall–Kier alpha value is -0.870. The zero-order valence-corrected chi connectivity index (χ0v) is 12.8. The van der Waals surface area contributed by atoms with Crippen molar-refractivity contribution in [1.29, 1.82) is 0 Å². The van der Waals surface area contributed by atoms with Crippen LogP contribution in [0.2, 0.25) is 0 Å². The van der Waals surface area contributed by atoms with E-state index >= 15 is 0 Å². The van der Waals surface area contributed by atoms with Gasteiger partial charge in [-0.05, 0) is 26.7 Å². The summed E-state index contributed by atoms with van der Waals surface area (Å²) in [7, 11) is 0. The summed E-state index contributed by atoms with van der Waals surface area (Å²) in [4.78, 5) is 2.62. The van der Waals surface area contributed by atoms with Crippen LogP contribution in [0.4, 0.5) is 0 Å². The fourth-order valence-electron chi connectivity index (χ4n) is 2.77. The third-order valence-electron chi connectivity index (χ3n) is 4.15. The molecule has 0 spiro atoms. The SMILES string of the molecule is CCC1CN(Cc2cnn(C(C)C)c2)C(CC)CN1. The van der Waals surface area contributed by atoms with Crippen molar-refractivity contribution in [2.24, 2.45) is 0 Å². The molecule has 0 bridgehead atoms. The van der Waals surface area contributed by atoms with E-state index in [-0.39, 0.29) is 0 Å². The smallest absolute Gasteiger partial charge is 0.0534 e. The zero-order chi connectivity index (χ0) is 13.8. The van der Waals surface area contributed by atoms with Gasteiger partial charge >= 0.3 is 0 Å². The molecule has 2 unspecified atom stereocenters. The minimum absolute atomic E-state index is 0.446. The molecular formula is C15H28N4. The highest BCUT2D eigenvalue weighted by Gasteiger charge is 2.25. The van der Waals surface area contributed by atoms with Crippen LogP contribution in [0, 0.1) is 0 Å². The van der Waals surface area contributed by atoms with Crippen molar-refractivity contribution in [3.05, 3.63) is 18.0 Å². The largest absolute Gasteiger partial charge is 0.311 e. The Morgan fingerprint density at radius 2 is 2.16 bits per heavy atom. The fraction of sp³-hybridized carbons (Fsp3) is 0.800. The van der Waals surface area contributed by atoms with Crippen molar-refractivity contribution < 1.29 is 0 Å². The molecule has 0 aromatic carbocycles. The van der Waals surface area contributed by atoms with Crippen LogP contribution >= 0.6 is 0 Å². The summed E-state index contributed by atoms with van der Waals surface area (Å²) in [6.07, 6.45) is 6.63. The number of aromatic nitrogens is 2. The van der Waals surface area contributed by atoms with E-state index in [1.165, 1.54) is 18.4 Å². The second-order valence-corrected chi connectivity index (χ2v) is 5.93. The van der Waals surface area contributed by atoms with Gasteiger partial charge in [-0.3, -0.25) is 9.58 Å². The molecule has 1 aliphatic heterocycles. The molecule has 1 aromatic rings. The van der Waals surface area contributed by atoms with Crippen molar-refractivity contribution in [2.75, 3.05) is 13.1 Å². The molecule has 2 atom stereocenters. The summed E-state index contributed by atoms with van der Waals surface area (Å²) in [5, 5.41) is 8.09. The Morgan fingerprint density at radius 1 is 1.37 bits per heavy atom. The third kappa shape index (κ3) is 3.57. The maximum atomic E-state index is 4.45. The Balaban J connectivity index is 2.01. The second kappa shape index (κ2) is 6.53. The van der Waals surface area contributed by atoms with Gasteiger partial charge < -0.3 is 5.32 Å². The first-order chi connectivity index (χ1) is 9.13. The van der Waals surface area contributed by atoms with Crippen molar-refractivity contribution in [1.82, 2.24) is 20.0 Å². The van der Waals surface area contributed by atoms with Crippen LogP contribution in [0.5, 0.6) is 0 Å². The van der Waals surface area contributed by atoms with E-state index in [1.807, 2.05) is 6.20 Å². The molecule has 2 heterocycles. The normalized spacial score (nSPS) is 25.1. The van der Waals surface area contributed by atoms with Crippen molar-refractivity contribution in [3.8, 4) is 0 Å². The van der Waals surface area contributed by atoms with Gasteiger partial charge in [0.15, 0.2) is 0 Å². The Bertz CT molecular complexity index is 385. The first kappa shape index (κ1) is 14.5. The van der Waals surface area contributed by atoms with Crippen LogP contribution in [0.25, 0.3) is 0 Å². The summed E-state index contributed by atoms with van der Waals surface area (Å²) < 4.78 is 2.05. The van der Waals surface area contributed by atoms with Crippen LogP contribution in [0.1, 0.15) is 52.1 Å². The molecule has 4 nitrogen and oxygen atoms in total. The molecule has 0 amide bonds. The first-order valence-corrected chi connectivity index (χ1v) is 7.64. The molecule has 1 N–H and O–H groups in total. The number of nitrogens with one attached hydrogen (secondary N) is 1. The molecule has 0 radical (unpaired) electrons. The van der Waals surface area contributed by atoms with Gasteiger partial charge in [-0.15, -0.1) is 0 Å². The number of nitrogens with zero attached hydrogens (tertiary/aromatic N) is 3. The molecule has 2 rings (SSSR count). The van der Waals surface area contributed by atoms with Gasteiger partial charge in [0.2, 0.25) is 0 Å². The monoisotopic (exact) mass is 264 g/mol. The van der Waals surface area contributed by atoms with Gasteiger partial charge in [0.05, 0.1) is 6.20 Å². The Labute approximate surface area is 117 Å². The minimum Gasteiger partial charge on any atom is -0.311 e. The molecule has 0 saturated carbocycles. The first-order valence-electron chi connectivity index (χ1n) is 7.64. The number of hydrogen-bond acceptors (Lipinski definition) is 3. The molecule has 1 saturated heterocycles. The Kier molecular flexibility index (Phi) is 4.99. The lowest BCUT2D eigenvalue weighted by Crippen LogP contribution is -2.55. The highest BCUT2D eigenvalue weighted by molar-refractivity contribution is 5.05. The van der Waals surface area contributed by atoms with E-state index in [0.717, 1.165) is 19.6 Å². The van der Waals surface area contributed by atoms with Crippen molar-refractivity contribution in [2.45, 2.75) is 65.2 Å². The average molecular weight is 264 g/mol. The Morgan fingerprint density at radius 3 is 2.74 bits per heavy atom. The fourth-order valence-corrected chi connectivity index (χ4v) is 2.77. The lowest BCUT2D eigenvalue weighted by atomic mass is 10.0. The molecule has 1 aliphatic rings. The van der Waals surface area contributed by atoms with E-state index in [0.29, 0.717) is 18.1 Å². The van der Waals surface area contributed by atoms with Crippen molar-refractivity contribution in [3.63, 3.8) is 0 Å². The highest BCUT2D eigenvalue weighted by Crippen LogP contribution is 2.16. The van der Waals surface area contributed by atoms with Crippen LogP contribution in [-0.4, -0.2) is 39.9 Å². The summed E-state index contributed by atoms with van der Waals surface area (Å²) in [5.41, 5.74) is 1.34. The van der Waals surface area contributed by atoms with Crippen LogP contribution in [-0.2, 0) is 6.54 Å². The van der Waals surface area contributed by atoms with Gasteiger partial charge in [-0.25, -0.2) is 0 Å². The van der Waals surface area contributed by atoms with Crippen LogP contribution in [0.15, 0.2) is 12.4 Å². The zero-order valence-electron chi connectivity index (χ0n) is 12.8. The standard InChI is InChI=1S/C15H28N4/c1-5-14-11-18(15(6-2)8-16-14)9-13-7-17-19(10-13)12(3)4/h7,10,12,14-16H,5-6,8-9,11H2,1-4H3. The topological polar surface area (TPSA) is 33.1 Å². The quantitative estimate of drug-likeness (QED) is 0.886. The number of piperazine rings is 1. The predicted molar refractivity (Wildman–Crippen MR) is 79.2 cm³/mol. The maximum absolute atomic E-state index is 4.45. The van der Waals surface area contributed by atoms with Gasteiger partial charge in [0.25, 0.3) is 0 Å². The molecule has 19 heavy (non-hydrogen) atoms. The lowest BCUT2D eigenvalue weighted by molar-refractivity contribution is 0.117. The third-order valence-corrected chi connectivity index (χ3v) is 4.15. The lowest BCUT2D eigenvalue weighted by Gasteiger charge is -2.39. The summed E-state index contributed by atoms with van der Waals surface area (Å²) in [6.45, 7) is 12.2. The summed E-state index contributed by atoms with van der Waals surface area (Å²) >= 11 is 0. The second-order valence-electron chi connectivity index (χ2n) is 5.93. The van der Waals surface area contributed by atoms with E-state index in [1.54, 1.807) is 0 Å². The molecule has 1 aromatic heterocycles. The van der Waals surface area contributed by atoms with Gasteiger partial charge in [-0.1, -0.05) is 13.8 Å². The van der Waals surface area contributed by atoms with Crippen molar-refractivity contribution >= 4 is 0 Å². The van der Waals surface area contributed by atoms with Gasteiger partial charge in [0.1, 0.15) is 0 Å². The molecule has 4 heteroatoms. The average Bonchev–Trinajstić information content (AvgIpc) is 2.87. The number of rotatable bonds is 5. The van der Waals surface area contributed by atoms with Crippen LogP contribution in [0.3, 0.4) is 0 Å². The summed E-state index contributed by atoms with van der Waals surface area (Å²) in [6, 6.07) is 1.75. The van der Waals surface area contributed by atoms with E-state index < -0.39 is 0 Å². The highest BCUT2D eigenvalue weighted by atomic mass is 15.3. The molecule has 0 aliphatic carbocycles. The maximum Gasteiger partial charge on any atom is 0.0534 e. The van der Waals surface area contributed by atoms with Crippen LogP contribution < -0.4 is 5.32 Å². The molecular weight excluding hydrogens is 236 g/mol.